The molecule has 6 heteroatoms. The average molecular weight is 440 g/mol. The summed E-state index contributed by atoms with van der Waals surface area (Å²) in [7, 11) is 0. The van der Waals surface area contributed by atoms with Gasteiger partial charge in [0.2, 0.25) is 0 Å². The quantitative estimate of drug-likeness (QED) is 0.545. The number of rotatable bonds is 1. The highest BCUT2D eigenvalue weighted by atomic mass is 79.9. The number of carbonyl (C=O) groups excluding carboxylic acids is 1. The zero-order valence-electron chi connectivity index (χ0n) is 15.2. The Hall–Kier alpha value is -2.47. The number of aromatic nitrogens is 1. The van der Waals surface area contributed by atoms with Crippen LogP contribution in [-0.2, 0) is 5.41 Å². The third-order valence-electron chi connectivity index (χ3n) is 6.06. The number of carbonyl (C=O) groups is 1. The van der Waals surface area contributed by atoms with E-state index in [1.165, 1.54) is 17.7 Å². The summed E-state index contributed by atoms with van der Waals surface area (Å²) in [6.45, 7) is 1.39. The number of piperidine rings is 1. The van der Waals surface area contributed by atoms with E-state index in [0.29, 0.717) is 18.8 Å². The average Bonchev–Trinajstić information content (AvgIpc) is 3.12. The molecule has 0 bridgehead atoms. The number of H-pyrrole nitrogens is 1. The standard InChI is InChI=1S/C22H19BrFN3O/c23-15-1-3-19-17(13-15)22(5-8-25-19)6-9-27(10-7-22)21(28)20-12-14-11-16(24)2-4-18(14)26-20/h1-4,8,11-13,26H,5-7,9-10H2. The second kappa shape index (κ2) is 6.55. The van der Waals surface area contributed by atoms with Crippen molar-refractivity contribution >= 4 is 44.6 Å². The Kier molecular flexibility index (Phi) is 4.12. The van der Waals surface area contributed by atoms with Crippen molar-refractivity contribution in [2.24, 2.45) is 4.99 Å². The van der Waals surface area contributed by atoms with Crippen LogP contribution in [0.4, 0.5) is 10.1 Å². The maximum atomic E-state index is 13.4. The lowest BCUT2D eigenvalue weighted by molar-refractivity contribution is 0.0664. The molecule has 1 saturated heterocycles. The molecule has 1 aromatic heterocycles. The van der Waals surface area contributed by atoms with Gasteiger partial charge in [0, 0.05) is 40.1 Å². The second-order valence-corrected chi connectivity index (χ2v) is 8.58. The summed E-state index contributed by atoms with van der Waals surface area (Å²) in [5.41, 5.74) is 3.65. The molecule has 0 aliphatic carbocycles. The molecule has 0 radical (unpaired) electrons. The van der Waals surface area contributed by atoms with E-state index in [2.05, 4.69) is 38.0 Å². The van der Waals surface area contributed by atoms with Gasteiger partial charge in [-0.05, 0) is 67.3 Å². The van der Waals surface area contributed by atoms with E-state index >= 15 is 0 Å². The number of fused-ring (bicyclic) bond motifs is 3. The van der Waals surface area contributed by atoms with E-state index in [0.717, 1.165) is 40.3 Å². The number of nitrogens with zero attached hydrogens (tertiary/aromatic N) is 2. The van der Waals surface area contributed by atoms with Crippen molar-refractivity contribution in [3.8, 4) is 0 Å². The molecule has 1 fully saturated rings. The van der Waals surface area contributed by atoms with E-state index in [9.17, 15) is 9.18 Å². The van der Waals surface area contributed by atoms with Crippen LogP contribution < -0.4 is 0 Å². The van der Waals surface area contributed by atoms with Gasteiger partial charge in [-0.1, -0.05) is 15.9 Å². The van der Waals surface area contributed by atoms with Crippen molar-refractivity contribution in [1.82, 2.24) is 9.88 Å². The number of likely N-dealkylation sites (tertiary alicyclic amines) is 1. The molecule has 4 nitrogen and oxygen atoms in total. The highest BCUT2D eigenvalue weighted by Gasteiger charge is 2.40. The minimum absolute atomic E-state index is 0.0228. The summed E-state index contributed by atoms with van der Waals surface area (Å²) >= 11 is 3.58. The van der Waals surface area contributed by atoms with E-state index in [1.54, 1.807) is 12.1 Å². The van der Waals surface area contributed by atoms with Crippen molar-refractivity contribution in [3.05, 3.63) is 64.0 Å². The van der Waals surface area contributed by atoms with Crippen LogP contribution in [0, 0.1) is 5.82 Å². The first-order chi connectivity index (χ1) is 13.5. The smallest absolute Gasteiger partial charge is 0.270 e. The van der Waals surface area contributed by atoms with Gasteiger partial charge < -0.3 is 9.88 Å². The molecule has 1 amide bonds. The maximum absolute atomic E-state index is 13.4. The predicted octanol–water partition coefficient (Wildman–Crippen LogP) is 5.35. The Labute approximate surface area is 170 Å². The lowest BCUT2D eigenvalue weighted by Crippen LogP contribution is -2.46. The van der Waals surface area contributed by atoms with Gasteiger partial charge in [0.05, 0.1) is 5.69 Å². The molecular formula is C22H19BrFN3O. The lowest BCUT2D eigenvalue weighted by Gasteiger charge is -2.43. The van der Waals surface area contributed by atoms with Crippen LogP contribution in [0.15, 0.2) is 51.9 Å². The normalized spacial score (nSPS) is 17.9. The summed E-state index contributed by atoms with van der Waals surface area (Å²) in [5, 5.41) is 0.721. The highest BCUT2D eigenvalue weighted by Crippen LogP contribution is 2.45. The van der Waals surface area contributed by atoms with Gasteiger partial charge >= 0.3 is 0 Å². The highest BCUT2D eigenvalue weighted by molar-refractivity contribution is 9.10. The number of hydrogen-bond donors (Lipinski definition) is 1. The summed E-state index contributed by atoms with van der Waals surface area (Å²) < 4.78 is 14.5. The molecule has 3 aromatic rings. The van der Waals surface area contributed by atoms with E-state index in [1.807, 2.05) is 17.2 Å². The van der Waals surface area contributed by atoms with Gasteiger partial charge in [0.1, 0.15) is 11.5 Å². The molecule has 0 saturated carbocycles. The number of benzene rings is 2. The van der Waals surface area contributed by atoms with Gasteiger partial charge in [-0.2, -0.15) is 0 Å². The first-order valence-electron chi connectivity index (χ1n) is 9.44. The number of amides is 1. The number of hydrogen-bond acceptors (Lipinski definition) is 2. The zero-order valence-corrected chi connectivity index (χ0v) is 16.8. The predicted molar refractivity (Wildman–Crippen MR) is 112 cm³/mol. The van der Waals surface area contributed by atoms with Crippen LogP contribution in [0.5, 0.6) is 0 Å². The molecule has 1 N–H and O–H groups in total. The maximum Gasteiger partial charge on any atom is 0.270 e. The Morgan fingerprint density at radius 1 is 1.14 bits per heavy atom. The van der Waals surface area contributed by atoms with Crippen molar-refractivity contribution in [2.75, 3.05) is 13.1 Å². The fourth-order valence-electron chi connectivity index (χ4n) is 4.47. The molecule has 5 rings (SSSR count). The molecule has 3 heterocycles. The number of halogens is 2. The van der Waals surface area contributed by atoms with Crippen LogP contribution in [-0.4, -0.2) is 35.1 Å². The molecule has 0 unspecified atom stereocenters. The van der Waals surface area contributed by atoms with Gasteiger partial charge in [-0.3, -0.25) is 9.79 Å². The largest absolute Gasteiger partial charge is 0.351 e. The molecule has 1 spiro atoms. The Bertz CT molecular complexity index is 1110. The van der Waals surface area contributed by atoms with Crippen LogP contribution in [0.25, 0.3) is 10.9 Å². The first-order valence-corrected chi connectivity index (χ1v) is 10.2. The van der Waals surface area contributed by atoms with Gasteiger partial charge in [0.25, 0.3) is 5.91 Å². The summed E-state index contributed by atoms with van der Waals surface area (Å²) in [6, 6.07) is 12.5. The Morgan fingerprint density at radius 3 is 2.79 bits per heavy atom. The van der Waals surface area contributed by atoms with E-state index < -0.39 is 0 Å². The SMILES string of the molecule is O=C(c1cc2cc(F)ccc2[nH]1)N1CCC2(CC=Nc3ccc(Br)cc32)CC1. The molecule has 2 aromatic carbocycles. The number of nitrogens with one attached hydrogen (secondary N) is 1. The molecule has 0 atom stereocenters. The van der Waals surface area contributed by atoms with Crippen molar-refractivity contribution in [1.29, 1.82) is 0 Å². The third-order valence-corrected chi connectivity index (χ3v) is 6.56. The minimum Gasteiger partial charge on any atom is -0.351 e. The molecule has 2 aliphatic rings. The Morgan fingerprint density at radius 2 is 1.96 bits per heavy atom. The third kappa shape index (κ3) is 2.87. The second-order valence-electron chi connectivity index (χ2n) is 7.66. The Balaban J connectivity index is 1.38. The van der Waals surface area contributed by atoms with Crippen molar-refractivity contribution in [2.45, 2.75) is 24.7 Å². The fourth-order valence-corrected chi connectivity index (χ4v) is 4.84. The number of aromatic amines is 1. The topological polar surface area (TPSA) is 48.5 Å². The monoisotopic (exact) mass is 439 g/mol. The molecular weight excluding hydrogens is 421 g/mol. The van der Waals surface area contributed by atoms with Crippen LogP contribution in [0.2, 0.25) is 0 Å². The summed E-state index contributed by atoms with van der Waals surface area (Å²) in [4.78, 5) is 22.6. The molecule has 142 valence electrons. The van der Waals surface area contributed by atoms with Crippen molar-refractivity contribution in [3.63, 3.8) is 0 Å². The zero-order chi connectivity index (χ0) is 19.3. The molecule has 28 heavy (non-hydrogen) atoms. The van der Waals surface area contributed by atoms with E-state index in [4.69, 9.17) is 0 Å². The van der Waals surface area contributed by atoms with Gasteiger partial charge in [-0.15, -0.1) is 0 Å². The fraction of sp³-hybridized carbons (Fsp3) is 0.273. The van der Waals surface area contributed by atoms with Gasteiger partial charge in [0.15, 0.2) is 0 Å². The number of aliphatic imine (C=N–C) groups is 1. The van der Waals surface area contributed by atoms with Crippen LogP contribution in [0.3, 0.4) is 0 Å². The first kappa shape index (κ1) is 17.6. The van der Waals surface area contributed by atoms with E-state index in [-0.39, 0.29) is 17.1 Å². The summed E-state index contributed by atoms with van der Waals surface area (Å²) in [5.74, 6) is -0.320. The van der Waals surface area contributed by atoms with Crippen LogP contribution >= 0.6 is 15.9 Å². The summed E-state index contributed by atoms with van der Waals surface area (Å²) in [6.07, 6.45) is 4.73. The van der Waals surface area contributed by atoms with Gasteiger partial charge in [-0.25, -0.2) is 4.39 Å². The van der Waals surface area contributed by atoms with Crippen LogP contribution in [0.1, 0.15) is 35.3 Å². The lowest BCUT2D eigenvalue weighted by atomic mass is 9.69. The molecule has 2 aliphatic heterocycles. The minimum atomic E-state index is -0.297. The van der Waals surface area contributed by atoms with Crippen molar-refractivity contribution < 1.29 is 9.18 Å².